The summed E-state index contributed by atoms with van der Waals surface area (Å²) >= 11 is 0. The Morgan fingerprint density at radius 3 is 2.65 bits per heavy atom. The molecule has 6 heteroatoms. The highest BCUT2D eigenvalue weighted by atomic mass is 16.5. The number of imide groups is 1. The maximum absolute atomic E-state index is 12.0. The van der Waals surface area contributed by atoms with Crippen LogP contribution >= 0.6 is 0 Å². The lowest BCUT2D eigenvalue weighted by molar-refractivity contribution is -0.907. The number of carbonyl (C=O) groups is 2. The molecule has 0 spiro atoms. The second kappa shape index (κ2) is 9.03. The maximum Gasteiger partial charge on any atom is 0.321 e. The van der Waals surface area contributed by atoms with E-state index in [0.29, 0.717) is 13.1 Å². The molecule has 2 atom stereocenters. The zero-order valence-corrected chi connectivity index (χ0v) is 14.3. The summed E-state index contributed by atoms with van der Waals surface area (Å²) in [4.78, 5) is 24.9. The zero-order chi connectivity index (χ0) is 16.7. The van der Waals surface area contributed by atoms with Gasteiger partial charge < -0.3 is 15.0 Å². The monoisotopic (exact) mass is 324 g/mol. The Kier molecular flexibility index (Phi) is 7.05. The van der Waals surface area contributed by atoms with Crippen molar-refractivity contribution in [3.05, 3.63) is 11.6 Å². The standard InChI is InChI=1S/C17H29N3O3/c1-13-10-20(11-14(2)23-13)12-16(21)19-17(22)18-9-8-15-6-4-3-5-7-15/h6,13-14H,3-5,7-12H2,1-2H3,(H2,18,19,21,22)/p+1/t13-,14-/m0/s1. The summed E-state index contributed by atoms with van der Waals surface area (Å²) in [6.07, 6.45) is 8.27. The number of amides is 3. The average molecular weight is 324 g/mol. The first-order valence-corrected chi connectivity index (χ1v) is 8.77. The minimum absolute atomic E-state index is 0.152. The summed E-state index contributed by atoms with van der Waals surface area (Å²) in [6, 6.07) is -0.389. The van der Waals surface area contributed by atoms with Crippen LogP contribution in [0.4, 0.5) is 4.79 Å². The fourth-order valence-electron chi connectivity index (χ4n) is 3.44. The molecule has 0 unspecified atom stereocenters. The van der Waals surface area contributed by atoms with Gasteiger partial charge in [0.15, 0.2) is 6.54 Å². The predicted octanol–water partition coefficient (Wildman–Crippen LogP) is 0.395. The molecule has 2 aliphatic rings. The van der Waals surface area contributed by atoms with Crippen molar-refractivity contribution in [2.45, 2.75) is 58.2 Å². The minimum atomic E-state index is -0.389. The first-order valence-electron chi connectivity index (χ1n) is 8.77. The van der Waals surface area contributed by atoms with E-state index in [1.54, 1.807) is 0 Å². The molecule has 1 aliphatic carbocycles. The molecule has 23 heavy (non-hydrogen) atoms. The highest BCUT2D eigenvalue weighted by Gasteiger charge is 2.27. The quantitative estimate of drug-likeness (QED) is 0.641. The molecule has 0 aromatic heterocycles. The van der Waals surface area contributed by atoms with Crippen molar-refractivity contribution in [2.75, 3.05) is 26.2 Å². The highest BCUT2D eigenvalue weighted by molar-refractivity contribution is 5.94. The first-order chi connectivity index (χ1) is 11.0. The normalized spacial score (nSPS) is 27.9. The number of rotatable bonds is 5. The number of hydrogen-bond donors (Lipinski definition) is 3. The van der Waals surface area contributed by atoms with Crippen molar-refractivity contribution < 1.29 is 19.2 Å². The average Bonchev–Trinajstić information content (AvgIpc) is 2.47. The Labute approximate surface area is 138 Å². The number of morpholine rings is 1. The SMILES string of the molecule is C[C@H]1C[NH+](CC(=O)NC(=O)NCCC2=CCCCC2)C[C@H](C)O1. The van der Waals surface area contributed by atoms with Crippen molar-refractivity contribution >= 4 is 11.9 Å². The highest BCUT2D eigenvalue weighted by Crippen LogP contribution is 2.19. The van der Waals surface area contributed by atoms with E-state index in [1.165, 1.54) is 18.4 Å². The fraction of sp³-hybridized carbons (Fsp3) is 0.765. The Morgan fingerprint density at radius 2 is 2.00 bits per heavy atom. The van der Waals surface area contributed by atoms with E-state index in [-0.39, 0.29) is 24.1 Å². The van der Waals surface area contributed by atoms with E-state index >= 15 is 0 Å². The van der Waals surface area contributed by atoms with Gasteiger partial charge in [-0.15, -0.1) is 0 Å². The molecule has 1 saturated heterocycles. The van der Waals surface area contributed by atoms with E-state index < -0.39 is 0 Å². The van der Waals surface area contributed by atoms with Gasteiger partial charge in [-0.2, -0.15) is 0 Å². The number of allylic oxidation sites excluding steroid dienone is 1. The lowest BCUT2D eigenvalue weighted by atomic mass is 9.97. The molecule has 1 aliphatic heterocycles. The Balaban J connectivity index is 1.62. The smallest absolute Gasteiger partial charge is 0.321 e. The largest absolute Gasteiger partial charge is 0.364 e. The lowest BCUT2D eigenvalue weighted by Crippen LogP contribution is -3.16. The first kappa shape index (κ1) is 17.9. The van der Waals surface area contributed by atoms with Gasteiger partial charge in [-0.05, 0) is 46.0 Å². The summed E-state index contributed by atoms with van der Waals surface area (Å²) in [5, 5.41) is 5.19. The summed E-state index contributed by atoms with van der Waals surface area (Å²) in [6.45, 7) is 6.53. The Bertz CT molecular complexity index is 440. The fourth-order valence-corrected chi connectivity index (χ4v) is 3.44. The summed E-state index contributed by atoms with van der Waals surface area (Å²) in [7, 11) is 0. The van der Waals surface area contributed by atoms with Crippen LogP contribution in [0, 0.1) is 0 Å². The van der Waals surface area contributed by atoms with Gasteiger partial charge in [0, 0.05) is 6.54 Å². The van der Waals surface area contributed by atoms with Crippen molar-refractivity contribution in [1.29, 1.82) is 0 Å². The molecule has 130 valence electrons. The van der Waals surface area contributed by atoms with Crippen LogP contribution in [0.3, 0.4) is 0 Å². The van der Waals surface area contributed by atoms with Crippen molar-refractivity contribution in [3.63, 3.8) is 0 Å². The number of hydrogen-bond acceptors (Lipinski definition) is 3. The van der Waals surface area contributed by atoms with E-state index in [2.05, 4.69) is 16.7 Å². The van der Waals surface area contributed by atoms with Crippen LogP contribution in [0.25, 0.3) is 0 Å². The van der Waals surface area contributed by atoms with Crippen LogP contribution in [0.5, 0.6) is 0 Å². The predicted molar refractivity (Wildman–Crippen MR) is 88.3 cm³/mol. The van der Waals surface area contributed by atoms with Gasteiger partial charge in [-0.3, -0.25) is 10.1 Å². The summed E-state index contributed by atoms with van der Waals surface area (Å²) in [5.74, 6) is -0.226. The van der Waals surface area contributed by atoms with Crippen LogP contribution in [-0.2, 0) is 9.53 Å². The van der Waals surface area contributed by atoms with E-state index in [0.717, 1.165) is 37.3 Å². The van der Waals surface area contributed by atoms with Crippen LogP contribution in [0.1, 0.15) is 46.0 Å². The third kappa shape index (κ3) is 6.71. The van der Waals surface area contributed by atoms with Gasteiger partial charge in [0.05, 0.1) is 0 Å². The molecule has 0 bridgehead atoms. The molecule has 3 N–H and O–H groups in total. The molecule has 1 heterocycles. The molecule has 0 aromatic carbocycles. The molecule has 0 radical (unpaired) electrons. The third-order valence-corrected chi connectivity index (χ3v) is 4.40. The van der Waals surface area contributed by atoms with Gasteiger partial charge in [0.1, 0.15) is 25.3 Å². The van der Waals surface area contributed by atoms with Crippen LogP contribution in [0.2, 0.25) is 0 Å². The van der Waals surface area contributed by atoms with E-state index in [9.17, 15) is 9.59 Å². The number of ether oxygens (including phenoxy) is 1. The molecule has 6 nitrogen and oxygen atoms in total. The summed E-state index contributed by atoms with van der Waals surface area (Å²) < 4.78 is 5.65. The van der Waals surface area contributed by atoms with E-state index in [1.807, 2.05) is 13.8 Å². The topological polar surface area (TPSA) is 71.9 Å². The lowest BCUT2D eigenvalue weighted by Gasteiger charge is -2.31. The van der Waals surface area contributed by atoms with Crippen molar-refractivity contribution in [3.8, 4) is 0 Å². The van der Waals surface area contributed by atoms with E-state index in [4.69, 9.17) is 4.74 Å². The third-order valence-electron chi connectivity index (χ3n) is 4.40. The minimum Gasteiger partial charge on any atom is -0.364 e. The van der Waals surface area contributed by atoms with Gasteiger partial charge in [0.25, 0.3) is 5.91 Å². The van der Waals surface area contributed by atoms with Gasteiger partial charge in [-0.25, -0.2) is 4.79 Å². The Morgan fingerprint density at radius 1 is 1.26 bits per heavy atom. The van der Waals surface area contributed by atoms with Crippen LogP contribution in [-0.4, -0.2) is 50.3 Å². The number of urea groups is 1. The second-order valence-corrected chi connectivity index (χ2v) is 6.75. The molecule has 1 fully saturated rings. The molecule has 3 amide bonds. The number of quaternary nitrogens is 1. The maximum atomic E-state index is 12.0. The van der Waals surface area contributed by atoms with Gasteiger partial charge in [0.2, 0.25) is 0 Å². The van der Waals surface area contributed by atoms with Crippen LogP contribution in [0.15, 0.2) is 11.6 Å². The molecular formula is C17H30N3O3+. The molecule has 0 saturated carbocycles. The van der Waals surface area contributed by atoms with Gasteiger partial charge >= 0.3 is 6.03 Å². The number of carbonyl (C=O) groups excluding carboxylic acids is 2. The molecule has 0 aromatic rings. The summed E-state index contributed by atoms with van der Waals surface area (Å²) in [5.41, 5.74) is 1.42. The van der Waals surface area contributed by atoms with Crippen molar-refractivity contribution in [1.82, 2.24) is 10.6 Å². The number of nitrogens with one attached hydrogen (secondary N) is 3. The Hall–Kier alpha value is -1.40. The molecule has 2 rings (SSSR count). The van der Waals surface area contributed by atoms with Crippen LogP contribution < -0.4 is 15.5 Å². The molecular weight excluding hydrogens is 294 g/mol. The van der Waals surface area contributed by atoms with Gasteiger partial charge in [-0.1, -0.05) is 11.6 Å². The second-order valence-electron chi connectivity index (χ2n) is 6.75. The zero-order valence-electron chi connectivity index (χ0n) is 14.3. The van der Waals surface area contributed by atoms with Crippen molar-refractivity contribution in [2.24, 2.45) is 0 Å².